The third-order valence-electron chi connectivity index (χ3n) is 24.9. The van der Waals surface area contributed by atoms with E-state index in [2.05, 4.69) is 303 Å². The van der Waals surface area contributed by atoms with E-state index in [0.717, 1.165) is 54.0 Å². The van der Waals surface area contributed by atoms with Crippen LogP contribution in [0.4, 0.5) is 0 Å². The smallest absolute Gasteiger partial charge is 0.264 e. The average molecular weight is 1390 g/mol. The Bertz CT molecular complexity index is 6480. The minimum Gasteiger partial charge on any atom is -0.264 e. The van der Waals surface area contributed by atoms with E-state index in [1.807, 2.05) is 31.2 Å². The zero-order valence-electron chi connectivity index (χ0n) is 61.4. The third-order valence-corrected chi connectivity index (χ3v) is 24.9. The van der Waals surface area contributed by atoms with E-state index in [1.54, 1.807) is 12.7 Å². The molecule has 25 rings (SSSR count). The number of nitrogens with zero attached hydrogens (tertiary/aromatic N) is 15. The second-order valence-electron chi connectivity index (χ2n) is 30.6. The molecule has 11 aromatic heterocycles. The van der Waals surface area contributed by atoms with Crippen LogP contribution >= 0.6 is 0 Å². The number of pyridine rings is 7. The maximum atomic E-state index is 4.80. The molecule has 0 saturated carbocycles. The molecule has 19 heterocycles. The maximum absolute atomic E-state index is 4.80. The van der Waals surface area contributed by atoms with E-state index in [-0.39, 0.29) is 26.9 Å². The van der Waals surface area contributed by atoms with Crippen molar-refractivity contribution in [2.75, 3.05) is 0 Å². The lowest BCUT2D eigenvalue weighted by Gasteiger charge is -2.29. The van der Waals surface area contributed by atoms with Crippen LogP contribution in [0.25, 0.3) is 98.8 Å². The van der Waals surface area contributed by atoms with Crippen LogP contribution in [-0.2, 0) is 82.1 Å². The monoisotopic (exact) mass is 1390 g/mol. The molecule has 0 unspecified atom stereocenters. The Kier molecular flexibility index (Phi) is 13.6. The Balaban J connectivity index is 0.0000000895. The van der Waals surface area contributed by atoms with Crippen LogP contribution in [0.2, 0.25) is 0 Å². The van der Waals surface area contributed by atoms with E-state index in [4.69, 9.17) is 19.9 Å². The van der Waals surface area contributed by atoms with Crippen molar-refractivity contribution >= 4 is 147 Å². The van der Waals surface area contributed by atoms with Gasteiger partial charge in [0, 0.05) is 135 Å². The summed E-state index contributed by atoms with van der Waals surface area (Å²) in [5.74, 6) is 0. The van der Waals surface area contributed by atoms with Crippen LogP contribution in [0.15, 0.2) is 239 Å². The summed E-state index contributed by atoms with van der Waals surface area (Å²) in [5, 5.41) is 11.7. The molecular formula is C89H71B4N15+8. The summed E-state index contributed by atoms with van der Waals surface area (Å²) >= 11 is 0. The highest BCUT2D eigenvalue weighted by Crippen LogP contribution is 2.36. The Morgan fingerprint density at radius 2 is 0.759 bits per heavy atom. The lowest BCUT2D eigenvalue weighted by atomic mass is 9.33. The standard InChI is InChI=1S/C25H19BN4.C22H18BN3.2C21H17BN4/c1-29-11-10-15-7-5-9-18-21(15)25(29)26-22-20(27-14-28-23(18)22)12-19-17-8-4-3-6-16(17)13-30(2)24(19)26;1-25-11-5-7-15-12-14-6-3-9-17-16-8-4-10-18-19(16)22(26(2)13-24-18)23(20(14)17)21(15)25;1-25-9-4-6-14-11-16-18-19(24-12-23-16)15-7-3-5-13-8-10-26(2)21(17(13)15)22(18)20(14)25;1-25-7-6-13-4-3-5-16-17-11-23-9-14-8-15-10-24-12-26(2)20(15)22(19(14)17)21(25)18(13)16/h3-11,13-14H,12H2,1-2H3;3-11,13H,12H2,1-2H3;3-10,12H,11H2,1-2H3;3-7,9-12H,8H2,1-2H3/q4*+2. The topological polar surface area (TPSA) is 121 Å². The van der Waals surface area contributed by atoms with Crippen LogP contribution < -0.4 is 103 Å². The van der Waals surface area contributed by atoms with E-state index in [0.29, 0.717) is 0 Å². The van der Waals surface area contributed by atoms with Gasteiger partial charge in [-0.05, 0) is 106 Å². The second-order valence-corrected chi connectivity index (χ2v) is 30.6. The van der Waals surface area contributed by atoms with Gasteiger partial charge in [-0.2, -0.15) is 0 Å². The van der Waals surface area contributed by atoms with Gasteiger partial charge in [-0.25, -0.2) is 56.5 Å². The fourth-order valence-corrected chi connectivity index (χ4v) is 20.6. The Morgan fingerprint density at radius 1 is 0.287 bits per heavy atom. The molecule has 0 radical (unpaired) electrons. The van der Waals surface area contributed by atoms with Crippen LogP contribution in [0.5, 0.6) is 0 Å². The van der Waals surface area contributed by atoms with E-state index in [1.165, 1.54) is 182 Å². The molecule has 0 amide bonds. The van der Waals surface area contributed by atoms with E-state index < -0.39 is 0 Å². The summed E-state index contributed by atoms with van der Waals surface area (Å²) < 4.78 is 18.2. The lowest BCUT2D eigenvalue weighted by molar-refractivity contribution is -0.660. The van der Waals surface area contributed by atoms with Crippen molar-refractivity contribution in [3.63, 3.8) is 0 Å². The minimum atomic E-state index is 0.123. The number of hydrogen-bond donors (Lipinski definition) is 0. The molecule has 19 heteroatoms. The van der Waals surface area contributed by atoms with E-state index in [9.17, 15) is 0 Å². The highest BCUT2D eigenvalue weighted by atomic mass is 15.0. The van der Waals surface area contributed by atoms with Gasteiger partial charge in [0.25, 0.3) is 12.7 Å². The molecule has 0 N–H and O–H groups in total. The summed E-state index contributed by atoms with van der Waals surface area (Å²) in [5.41, 5.74) is 37.8. The lowest BCUT2D eigenvalue weighted by Crippen LogP contribution is -2.74. The van der Waals surface area contributed by atoms with Gasteiger partial charge in [0.2, 0.25) is 0 Å². The fourth-order valence-electron chi connectivity index (χ4n) is 20.6. The summed E-state index contributed by atoms with van der Waals surface area (Å²) in [6.45, 7) is 0.753. The number of aryl methyl sites for hydroxylation is 8. The van der Waals surface area contributed by atoms with Crippen molar-refractivity contribution in [2.24, 2.45) is 56.4 Å². The first-order valence-corrected chi connectivity index (χ1v) is 37.4. The van der Waals surface area contributed by atoms with Crippen LogP contribution in [0.1, 0.15) is 44.8 Å². The Labute approximate surface area is 625 Å². The largest absolute Gasteiger partial charge is 0.410 e. The SMILES string of the molecule is C[n+]1cc2ccccc2c2c1B1c3c(ncnc3-c3cccc4cc[n+](C)c1c34)C2.C[n+]1cccc2c1B1c3c(cccc3-c3cccc4nc[n+](C)c1c34)C2.C[n+]1cccc2c1B1c3c(ncnc3-c3cccc4cc[n+](C)c1c34)C2.C[n+]1cncc2c1B1c3c(cncc3-c3cccc4cc[n+](C)c1c34)C2. The molecule has 0 saturated heterocycles. The van der Waals surface area contributed by atoms with Crippen molar-refractivity contribution < 1.29 is 36.5 Å². The molecule has 15 nitrogen and oxygen atoms in total. The number of benzene rings is 6. The molecule has 8 aliphatic heterocycles. The van der Waals surface area contributed by atoms with Crippen molar-refractivity contribution in [1.82, 2.24) is 34.9 Å². The molecule has 8 aliphatic rings. The quantitative estimate of drug-likeness (QED) is 0.160. The first-order valence-electron chi connectivity index (χ1n) is 37.4. The van der Waals surface area contributed by atoms with Gasteiger partial charge in [-0.15, -0.1) is 0 Å². The predicted molar refractivity (Wildman–Crippen MR) is 425 cm³/mol. The zero-order valence-corrected chi connectivity index (χ0v) is 61.4. The second kappa shape index (κ2) is 23.4. The number of fused-ring (bicyclic) bond motifs is 18. The van der Waals surface area contributed by atoms with Gasteiger partial charge in [-0.3, -0.25) is 4.98 Å². The molecule has 506 valence electrons. The summed E-state index contributed by atoms with van der Waals surface area (Å²) in [6.07, 6.45) is 30.2. The van der Waals surface area contributed by atoms with Gasteiger partial charge >= 0.3 is 26.9 Å². The molecule has 108 heavy (non-hydrogen) atoms. The molecule has 0 atom stereocenters. The van der Waals surface area contributed by atoms with Crippen LogP contribution in [0, 0.1) is 0 Å². The van der Waals surface area contributed by atoms with Crippen molar-refractivity contribution in [1.29, 1.82) is 0 Å². The normalized spacial score (nSPS) is 13.5. The highest BCUT2D eigenvalue weighted by Gasteiger charge is 2.54. The predicted octanol–water partition coefficient (Wildman–Crippen LogP) is 0.477. The summed E-state index contributed by atoms with van der Waals surface area (Å²) in [4.78, 5) is 32.7. The number of aromatic nitrogens is 15. The molecule has 0 aliphatic carbocycles. The maximum Gasteiger partial charge on any atom is 0.410 e. The van der Waals surface area contributed by atoms with Gasteiger partial charge < -0.3 is 0 Å². The summed E-state index contributed by atoms with van der Waals surface area (Å²) in [6, 6.07) is 57.1. The molecule has 6 aromatic carbocycles. The molecule has 0 fully saturated rings. The van der Waals surface area contributed by atoms with E-state index >= 15 is 0 Å². The highest BCUT2D eigenvalue weighted by molar-refractivity contribution is 6.99. The fraction of sp³-hybridized carbons (Fsp3) is 0.135. The van der Waals surface area contributed by atoms with Crippen LogP contribution in [0.3, 0.4) is 0 Å². The van der Waals surface area contributed by atoms with Crippen LogP contribution in [-0.4, -0.2) is 61.7 Å². The minimum absolute atomic E-state index is 0.123. The van der Waals surface area contributed by atoms with Crippen molar-refractivity contribution in [3.05, 3.63) is 284 Å². The van der Waals surface area contributed by atoms with Gasteiger partial charge in [0.1, 0.15) is 61.1 Å². The number of hydrogen-bond acceptors (Lipinski definition) is 7. The van der Waals surface area contributed by atoms with Gasteiger partial charge in [0.05, 0.1) is 42.1 Å². The van der Waals surface area contributed by atoms with Crippen molar-refractivity contribution in [2.45, 2.75) is 25.7 Å². The first kappa shape index (κ1) is 62.6. The van der Waals surface area contributed by atoms with Gasteiger partial charge in [0.15, 0.2) is 76.3 Å². The first-order chi connectivity index (χ1) is 52.9. The molecule has 17 aromatic rings. The molecular weight excluding hydrogens is 1320 g/mol. The van der Waals surface area contributed by atoms with Crippen molar-refractivity contribution in [3.8, 4) is 44.8 Å². The third kappa shape index (κ3) is 8.80. The Morgan fingerprint density at radius 3 is 1.42 bits per heavy atom. The Hall–Kier alpha value is -12.8. The molecule has 0 bridgehead atoms. The molecule has 0 spiro atoms. The zero-order chi connectivity index (χ0) is 72.2. The average Bonchev–Trinajstić information content (AvgIpc) is 0.723. The summed E-state index contributed by atoms with van der Waals surface area (Å²) in [7, 11) is 17.2. The van der Waals surface area contributed by atoms with Gasteiger partial charge in [-0.1, -0.05) is 108 Å². The number of rotatable bonds is 0.